The summed E-state index contributed by atoms with van der Waals surface area (Å²) in [6, 6.07) is 0.444. The lowest BCUT2D eigenvalue weighted by molar-refractivity contribution is -0.130. The van der Waals surface area contributed by atoms with Gasteiger partial charge >= 0.3 is 0 Å². The third-order valence-electron chi connectivity index (χ3n) is 5.60. The van der Waals surface area contributed by atoms with Crippen LogP contribution in [0.2, 0.25) is 0 Å². The number of nitrogens with one attached hydrogen (secondary N) is 2. The van der Waals surface area contributed by atoms with E-state index in [0.717, 1.165) is 84.6 Å². The van der Waals surface area contributed by atoms with Crippen LogP contribution in [-0.2, 0) is 9.53 Å². The summed E-state index contributed by atoms with van der Waals surface area (Å²) in [6.45, 7) is 19.0. The molecule has 0 spiro atoms. The van der Waals surface area contributed by atoms with Gasteiger partial charge in [-0.2, -0.15) is 0 Å². The summed E-state index contributed by atoms with van der Waals surface area (Å²) >= 11 is 0. The first kappa shape index (κ1) is 22.9. The van der Waals surface area contributed by atoms with Gasteiger partial charge in [0, 0.05) is 71.9 Å². The van der Waals surface area contributed by atoms with Crippen LogP contribution in [0.5, 0.6) is 0 Å². The number of rotatable bonds is 8. The van der Waals surface area contributed by atoms with Crippen LogP contribution < -0.4 is 10.6 Å². The fraction of sp³-hybridized carbons (Fsp3) is 0.900. The van der Waals surface area contributed by atoms with Crippen LogP contribution in [0.15, 0.2) is 4.99 Å². The second-order valence-electron chi connectivity index (χ2n) is 7.95. The Hall–Kier alpha value is -1.38. The zero-order chi connectivity index (χ0) is 20.4. The van der Waals surface area contributed by atoms with Gasteiger partial charge in [-0.15, -0.1) is 0 Å². The molecule has 2 heterocycles. The normalized spacial score (nSPS) is 21.0. The summed E-state index contributed by atoms with van der Waals surface area (Å²) in [5.74, 6) is 1.63. The molecule has 2 aliphatic rings. The molecule has 1 unspecified atom stereocenters. The Bertz CT molecular complexity index is 485. The van der Waals surface area contributed by atoms with Crippen molar-refractivity contribution in [2.75, 3.05) is 78.7 Å². The standard InChI is InChI=1S/C20H40N6O2/c1-5-21-20(22-6-7-24-8-10-25(11-9-24)18(4)27)23-16-19(17(2)3)26-12-14-28-15-13-26/h17,19H,5-16H2,1-4H3,(H2,21,22,23). The number of carbonyl (C=O) groups excluding carboxylic acids is 1. The Morgan fingerprint density at radius 1 is 1.07 bits per heavy atom. The Labute approximate surface area is 170 Å². The number of hydrogen-bond acceptors (Lipinski definition) is 5. The molecule has 0 radical (unpaired) electrons. The van der Waals surface area contributed by atoms with Gasteiger partial charge in [-0.05, 0) is 12.8 Å². The molecule has 162 valence electrons. The van der Waals surface area contributed by atoms with E-state index in [4.69, 9.17) is 9.73 Å². The summed E-state index contributed by atoms with van der Waals surface area (Å²) in [7, 11) is 0. The van der Waals surface area contributed by atoms with Crippen molar-refractivity contribution in [3.05, 3.63) is 0 Å². The largest absolute Gasteiger partial charge is 0.379 e. The van der Waals surface area contributed by atoms with E-state index in [9.17, 15) is 4.79 Å². The second-order valence-corrected chi connectivity index (χ2v) is 7.95. The summed E-state index contributed by atoms with van der Waals surface area (Å²) in [6.07, 6.45) is 0. The number of nitrogens with zero attached hydrogens (tertiary/aromatic N) is 4. The van der Waals surface area contributed by atoms with Gasteiger partial charge in [-0.3, -0.25) is 19.6 Å². The summed E-state index contributed by atoms with van der Waals surface area (Å²) in [5.41, 5.74) is 0. The van der Waals surface area contributed by atoms with Crippen LogP contribution >= 0.6 is 0 Å². The highest BCUT2D eigenvalue weighted by molar-refractivity contribution is 5.79. The van der Waals surface area contributed by atoms with Crippen LogP contribution in [0.1, 0.15) is 27.7 Å². The first-order valence-corrected chi connectivity index (χ1v) is 10.8. The van der Waals surface area contributed by atoms with Gasteiger partial charge in [0.25, 0.3) is 0 Å². The van der Waals surface area contributed by atoms with Gasteiger partial charge in [-0.25, -0.2) is 0 Å². The van der Waals surface area contributed by atoms with Gasteiger partial charge in [0.05, 0.1) is 19.8 Å². The van der Waals surface area contributed by atoms with E-state index in [-0.39, 0.29) is 5.91 Å². The molecule has 8 heteroatoms. The number of aliphatic imine (C=N–C) groups is 1. The van der Waals surface area contributed by atoms with Crippen LogP contribution in [0.25, 0.3) is 0 Å². The molecule has 2 N–H and O–H groups in total. The monoisotopic (exact) mass is 396 g/mol. The molecule has 0 aromatic rings. The highest BCUT2D eigenvalue weighted by atomic mass is 16.5. The minimum absolute atomic E-state index is 0.180. The number of ether oxygens (including phenoxy) is 1. The first-order chi connectivity index (χ1) is 13.5. The second kappa shape index (κ2) is 12.2. The van der Waals surface area contributed by atoms with E-state index in [1.54, 1.807) is 6.92 Å². The fourth-order valence-corrected chi connectivity index (χ4v) is 3.80. The fourth-order valence-electron chi connectivity index (χ4n) is 3.80. The molecule has 2 rings (SSSR count). The molecule has 2 saturated heterocycles. The van der Waals surface area contributed by atoms with E-state index in [1.165, 1.54) is 0 Å². The number of piperazine rings is 1. The van der Waals surface area contributed by atoms with Gasteiger partial charge in [0.15, 0.2) is 5.96 Å². The quantitative estimate of drug-likeness (QED) is 0.447. The lowest BCUT2D eigenvalue weighted by Gasteiger charge is -2.36. The maximum absolute atomic E-state index is 11.4. The molecule has 0 saturated carbocycles. The molecule has 0 aromatic heterocycles. The SMILES string of the molecule is CCNC(=NCC(C(C)C)N1CCOCC1)NCCN1CCN(C(C)=O)CC1. The first-order valence-electron chi connectivity index (χ1n) is 10.8. The summed E-state index contributed by atoms with van der Waals surface area (Å²) < 4.78 is 5.50. The number of hydrogen-bond donors (Lipinski definition) is 2. The highest BCUT2D eigenvalue weighted by Crippen LogP contribution is 2.13. The van der Waals surface area contributed by atoms with Crippen molar-refractivity contribution in [3.8, 4) is 0 Å². The lowest BCUT2D eigenvalue weighted by Crippen LogP contribution is -2.50. The number of amides is 1. The van der Waals surface area contributed by atoms with Crippen molar-refractivity contribution in [1.82, 2.24) is 25.3 Å². The van der Waals surface area contributed by atoms with E-state index in [1.807, 2.05) is 4.90 Å². The summed E-state index contributed by atoms with van der Waals surface area (Å²) in [5, 5.41) is 6.84. The minimum atomic E-state index is 0.180. The predicted octanol–water partition coefficient (Wildman–Crippen LogP) is 0.0624. The van der Waals surface area contributed by atoms with Gasteiger partial charge in [-0.1, -0.05) is 13.8 Å². The van der Waals surface area contributed by atoms with Crippen molar-refractivity contribution >= 4 is 11.9 Å². The Morgan fingerprint density at radius 2 is 1.75 bits per heavy atom. The van der Waals surface area contributed by atoms with Gasteiger partial charge in [0.1, 0.15) is 0 Å². The van der Waals surface area contributed by atoms with Crippen LogP contribution in [0.4, 0.5) is 0 Å². The molecule has 8 nitrogen and oxygen atoms in total. The van der Waals surface area contributed by atoms with Gasteiger partial charge < -0.3 is 20.3 Å². The molecule has 0 aliphatic carbocycles. The molecule has 28 heavy (non-hydrogen) atoms. The Balaban J connectivity index is 1.78. The average molecular weight is 397 g/mol. The van der Waals surface area contributed by atoms with Gasteiger partial charge in [0.2, 0.25) is 5.91 Å². The predicted molar refractivity (Wildman–Crippen MR) is 114 cm³/mol. The van der Waals surface area contributed by atoms with Crippen LogP contribution in [-0.4, -0.2) is 111 Å². The van der Waals surface area contributed by atoms with Crippen LogP contribution in [0, 0.1) is 5.92 Å². The zero-order valence-corrected chi connectivity index (χ0v) is 18.2. The number of carbonyl (C=O) groups is 1. The number of morpholine rings is 1. The molecule has 2 aliphatic heterocycles. The van der Waals surface area contributed by atoms with Crippen molar-refractivity contribution in [3.63, 3.8) is 0 Å². The molecule has 1 atom stereocenters. The third-order valence-corrected chi connectivity index (χ3v) is 5.60. The Morgan fingerprint density at radius 3 is 2.32 bits per heavy atom. The minimum Gasteiger partial charge on any atom is -0.379 e. The third kappa shape index (κ3) is 7.56. The lowest BCUT2D eigenvalue weighted by atomic mass is 10.0. The summed E-state index contributed by atoms with van der Waals surface area (Å²) in [4.78, 5) is 23.1. The molecule has 1 amide bonds. The van der Waals surface area contributed by atoms with E-state index < -0.39 is 0 Å². The van der Waals surface area contributed by atoms with Crippen molar-refractivity contribution in [1.29, 1.82) is 0 Å². The molecular formula is C20H40N6O2. The number of guanidine groups is 1. The average Bonchev–Trinajstić information content (AvgIpc) is 2.69. The van der Waals surface area contributed by atoms with Crippen molar-refractivity contribution in [2.45, 2.75) is 33.7 Å². The van der Waals surface area contributed by atoms with Crippen LogP contribution in [0.3, 0.4) is 0 Å². The van der Waals surface area contributed by atoms with Crippen molar-refractivity contribution < 1.29 is 9.53 Å². The Kier molecular flexibility index (Phi) is 10.0. The molecular weight excluding hydrogens is 356 g/mol. The van der Waals surface area contributed by atoms with E-state index >= 15 is 0 Å². The smallest absolute Gasteiger partial charge is 0.219 e. The zero-order valence-electron chi connectivity index (χ0n) is 18.2. The van der Waals surface area contributed by atoms with E-state index in [0.29, 0.717) is 12.0 Å². The maximum Gasteiger partial charge on any atom is 0.219 e. The highest BCUT2D eigenvalue weighted by Gasteiger charge is 2.23. The maximum atomic E-state index is 11.4. The molecule has 0 bridgehead atoms. The van der Waals surface area contributed by atoms with E-state index in [2.05, 4.69) is 41.2 Å². The molecule has 2 fully saturated rings. The molecule has 0 aromatic carbocycles. The topological polar surface area (TPSA) is 72.4 Å². The van der Waals surface area contributed by atoms with Crippen molar-refractivity contribution in [2.24, 2.45) is 10.9 Å².